The smallest absolute Gasteiger partial charge is 0.223 e. The van der Waals surface area contributed by atoms with Gasteiger partial charge in [-0.05, 0) is 29.3 Å². The highest BCUT2D eigenvalue weighted by Crippen LogP contribution is 2.36. The Morgan fingerprint density at radius 1 is 0.903 bits per heavy atom. The lowest BCUT2D eigenvalue weighted by atomic mass is 9.87. The maximum absolute atomic E-state index is 13.2. The van der Waals surface area contributed by atoms with E-state index in [4.69, 9.17) is 11.6 Å². The molecule has 0 radical (unpaired) electrons. The highest BCUT2D eigenvalue weighted by Gasteiger charge is 2.26. The minimum absolute atomic E-state index is 0.104. The van der Waals surface area contributed by atoms with E-state index < -0.39 is 0 Å². The molecule has 1 amide bonds. The van der Waals surface area contributed by atoms with E-state index in [1.807, 2.05) is 41.3 Å². The molecule has 0 spiro atoms. The van der Waals surface area contributed by atoms with E-state index in [1.54, 1.807) is 18.2 Å². The minimum atomic E-state index is -0.241. The molecule has 1 saturated heterocycles. The molecule has 0 saturated carbocycles. The molecule has 0 unspecified atom stereocenters. The second kappa shape index (κ2) is 9.99. The van der Waals surface area contributed by atoms with Gasteiger partial charge in [0, 0.05) is 55.6 Å². The van der Waals surface area contributed by atoms with Crippen LogP contribution in [0.2, 0.25) is 5.02 Å². The average Bonchev–Trinajstić information content (AvgIpc) is 2.81. The number of piperazine rings is 1. The summed E-state index contributed by atoms with van der Waals surface area (Å²) >= 11 is 6.20. The second-order valence-corrected chi connectivity index (χ2v) is 8.45. The highest BCUT2D eigenvalue weighted by molar-refractivity contribution is 6.30. The monoisotopic (exact) mass is 434 g/mol. The van der Waals surface area contributed by atoms with Crippen LogP contribution in [0.25, 0.3) is 0 Å². The summed E-state index contributed by atoms with van der Waals surface area (Å²) in [6, 6.07) is 25.3. The van der Waals surface area contributed by atoms with Crippen molar-refractivity contribution in [2.24, 2.45) is 0 Å². The number of nitrogens with zero attached hydrogens (tertiary/aromatic N) is 2. The van der Waals surface area contributed by atoms with Crippen LogP contribution in [0.5, 0.6) is 5.75 Å². The van der Waals surface area contributed by atoms with Gasteiger partial charge in [-0.25, -0.2) is 0 Å². The van der Waals surface area contributed by atoms with E-state index in [1.165, 1.54) is 5.56 Å². The van der Waals surface area contributed by atoms with Crippen LogP contribution in [0.3, 0.4) is 0 Å². The third kappa shape index (κ3) is 5.46. The summed E-state index contributed by atoms with van der Waals surface area (Å²) in [5.41, 5.74) is 2.98. The van der Waals surface area contributed by atoms with Crippen LogP contribution >= 0.6 is 11.6 Å². The van der Waals surface area contributed by atoms with Crippen molar-refractivity contribution in [1.29, 1.82) is 0 Å². The molecular weight excluding hydrogens is 408 g/mol. The van der Waals surface area contributed by atoms with Gasteiger partial charge in [-0.15, -0.1) is 0 Å². The Balaban J connectivity index is 1.44. The number of aromatic hydroxyl groups is 1. The van der Waals surface area contributed by atoms with Gasteiger partial charge in [-0.1, -0.05) is 72.3 Å². The molecule has 1 N–H and O–H groups in total. The number of phenolic OH excluding ortho intramolecular Hbond substituents is 1. The molecule has 4 rings (SSSR count). The lowest BCUT2D eigenvalue weighted by Gasteiger charge is -2.35. The summed E-state index contributed by atoms with van der Waals surface area (Å²) < 4.78 is 0. The van der Waals surface area contributed by atoms with Gasteiger partial charge in [0.05, 0.1) is 0 Å². The summed E-state index contributed by atoms with van der Waals surface area (Å²) in [6.07, 6.45) is 0.302. The van der Waals surface area contributed by atoms with Gasteiger partial charge < -0.3 is 10.0 Å². The van der Waals surface area contributed by atoms with Crippen LogP contribution in [-0.2, 0) is 11.3 Å². The van der Waals surface area contributed by atoms with Crippen LogP contribution in [0.15, 0.2) is 78.9 Å². The van der Waals surface area contributed by atoms with Gasteiger partial charge >= 0.3 is 0 Å². The van der Waals surface area contributed by atoms with Crippen molar-refractivity contribution >= 4 is 17.5 Å². The lowest BCUT2D eigenvalue weighted by molar-refractivity contribution is -0.133. The van der Waals surface area contributed by atoms with Crippen LogP contribution in [0, 0.1) is 0 Å². The predicted octanol–water partition coefficient (Wildman–Crippen LogP) is 4.91. The Labute approximate surface area is 188 Å². The summed E-state index contributed by atoms with van der Waals surface area (Å²) in [6.45, 7) is 4.06. The van der Waals surface area contributed by atoms with Gasteiger partial charge in [0.25, 0.3) is 0 Å². The molecule has 0 bridgehead atoms. The second-order valence-electron chi connectivity index (χ2n) is 8.01. The Morgan fingerprint density at radius 3 is 2.23 bits per heavy atom. The first-order chi connectivity index (χ1) is 15.1. The highest BCUT2D eigenvalue weighted by atomic mass is 35.5. The van der Waals surface area contributed by atoms with Crippen molar-refractivity contribution in [3.8, 4) is 5.75 Å². The third-order valence-electron chi connectivity index (χ3n) is 5.92. The first-order valence-corrected chi connectivity index (χ1v) is 11.1. The van der Waals surface area contributed by atoms with Crippen molar-refractivity contribution in [2.75, 3.05) is 26.2 Å². The molecule has 5 heteroatoms. The average molecular weight is 435 g/mol. The molecule has 1 fully saturated rings. The number of benzene rings is 3. The zero-order valence-corrected chi connectivity index (χ0v) is 18.2. The molecule has 1 aliphatic rings. The van der Waals surface area contributed by atoms with E-state index in [9.17, 15) is 9.90 Å². The van der Waals surface area contributed by atoms with Gasteiger partial charge in [0.2, 0.25) is 5.91 Å². The zero-order chi connectivity index (χ0) is 21.6. The summed E-state index contributed by atoms with van der Waals surface area (Å²) in [5.74, 6) is 0.0288. The molecule has 3 aromatic carbocycles. The first kappa shape index (κ1) is 21.4. The summed E-state index contributed by atoms with van der Waals surface area (Å²) in [7, 11) is 0. The maximum atomic E-state index is 13.2. The van der Waals surface area contributed by atoms with Crippen molar-refractivity contribution in [1.82, 2.24) is 9.80 Å². The fourth-order valence-electron chi connectivity index (χ4n) is 4.20. The molecule has 3 aromatic rings. The van der Waals surface area contributed by atoms with Crippen molar-refractivity contribution in [3.63, 3.8) is 0 Å². The number of carbonyl (C=O) groups excluding carboxylic acids is 1. The summed E-state index contributed by atoms with van der Waals surface area (Å²) in [4.78, 5) is 17.5. The largest absolute Gasteiger partial charge is 0.508 e. The Hall–Kier alpha value is -2.82. The van der Waals surface area contributed by atoms with Crippen molar-refractivity contribution in [2.45, 2.75) is 18.9 Å². The molecule has 1 heterocycles. The number of hydrogen-bond acceptors (Lipinski definition) is 3. The van der Waals surface area contributed by atoms with Crippen LogP contribution in [0.1, 0.15) is 29.0 Å². The molecule has 1 aliphatic heterocycles. The van der Waals surface area contributed by atoms with Gasteiger partial charge in [0.15, 0.2) is 0 Å². The number of phenols is 1. The fraction of sp³-hybridized carbons (Fsp3) is 0.269. The molecular formula is C26H27ClN2O2. The Kier molecular flexibility index (Phi) is 6.90. The Morgan fingerprint density at radius 2 is 1.55 bits per heavy atom. The van der Waals surface area contributed by atoms with E-state index in [0.29, 0.717) is 30.1 Å². The van der Waals surface area contributed by atoms with E-state index >= 15 is 0 Å². The zero-order valence-electron chi connectivity index (χ0n) is 17.5. The third-order valence-corrected chi connectivity index (χ3v) is 6.15. The van der Waals surface area contributed by atoms with Crippen LogP contribution < -0.4 is 0 Å². The number of hydrogen-bond donors (Lipinski definition) is 1. The minimum Gasteiger partial charge on any atom is -0.508 e. The topological polar surface area (TPSA) is 43.8 Å². The van der Waals surface area contributed by atoms with E-state index in [2.05, 4.69) is 29.2 Å². The molecule has 1 atom stereocenters. The Bertz CT molecular complexity index is 1000. The number of amides is 1. The van der Waals surface area contributed by atoms with E-state index in [-0.39, 0.29) is 17.6 Å². The number of carbonyl (C=O) groups is 1. The van der Waals surface area contributed by atoms with Gasteiger partial charge in [-0.2, -0.15) is 0 Å². The fourth-order valence-corrected chi connectivity index (χ4v) is 4.38. The van der Waals surface area contributed by atoms with Crippen LogP contribution in [0.4, 0.5) is 0 Å². The number of rotatable bonds is 6. The molecule has 4 nitrogen and oxygen atoms in total. The first-order valence-electron chi connectivity index (χ1n) is 10.7. The van der Waals surface area contributed by atoms with Crippen molar-refractivity contribution < 1.29 is 9.90 Å². The molecule has 0 aliphatic carbocycles. The lowest BCUT2D eigenvalue weighted by Crippen LogP contribution is -2.48. The molecule has 0 aromatic heterocycles. The van der Waals surface area contributed by atoms with Crippen LogP contribution in [-0.4, -0.2) is 47.0 Å². The van der Waals surface area contributed by atoms with Crippen molar-refractivity contribution in [3.05, 3.63) is 101 Å². The standard InChI is InChI=1S/C26H27ClN2O2/c27-22-11-12-25(30)24(17-22)23(21-9-5-2-6-10-21)18-26(31)29-15-13-28(14-16-29)19-20-7-3-1-4-8-20/h1-12,17,23,30H,13-16,18-19H2/t23-/m0/s1. The normalized spacial score (nSPS) is 15.6. The van der Waals surface area contributed by atoms with E-state index in [0.717, 1.165) is 25.2 Å². The van der Waals surface area contributed by atoms with Gasteiger partial charge in [-0.3, -0.25) is 9.69 Å². The predicted molar refractivity (Wildman–Crippen MR) is 124 cm³/mol. The quantitative estimate of drug-likeness (QED) is 0.599. The van der Waals surface area contributed by atoms with Gasteiger partial charge in [0.1, 0.15) is 5.75 Å². The number of halogens is 1. The maximum Gasteiger partial charge on any atom is 0.223 e. The molecule has 31 heavy (non-hydrogen) atoms. The molecule has 160 valence electrons. The SMILES string of the molecule is O=C(C[C@@H](c1ccccc1)c1cc(Cl)ccc1O)N1CCN(Cc2ccccc2)CC1. The summed E-state index contributed by atoms with van der Waals surface area (Å²) in [5, 5.41) is 11.0.